The second kappa shape index (κ2) is 5.96. The molecule has 116 valence electrons. The van der Waals surface area contributed by atoms with Gasteiger partial charge in [-0.3, -0.25) is 0 Å². The molecule has 0 bridgehead atoms. The van der Waals surface area contributed by atoms with Crippen molar-refractivity contribution in [3.8, 4) is 0 Å². The van der Waals surface area contributed by atoms with E-state index >= 15 is 0 Å². The van der Waals surface area contributed by atoms with E-state index in [1.54, 1.807) is 0 Å². The summed E-state index contributed by atoms with van der Waals surface area (Å²) in [4.78, 5) is 20.3. The van der Waals surface area contributed by atoms with E-state index in [9.17, 15) is 0 Å². The van der Waals surface area contributed by atoms with Crippen molar-refractivity contribution in [2.45, 2.75) is 33.8 Å². The van der Waals surface area contributed by atoms with Gasteiger partial charge in [0.25, 0.3) is 0 Å². The summed E-state index contributed by atoms with van der Waals surface area (Å²) in [5, 5.41) is 0. The van der Waals surface area contributed by atoms with E-state index in [1.807, 2.05) is 39.8 Å². The molecule has 3 heterocycles. The predicted molar refractivity (Wildman–Crippen MR) is 83.9 cm³/mol. The lowest BCUT2D eigenvalue weighted by molar-refractivity contribution is 0.0332. The van der Waals surface area contributed by atoms with E-state index in [1.165, 1.54) is 0 Å². The fourth-order valence-electron chi connectivity index (χ4n) is 2.73. The maximum Gasteiger partial charge on any atom is 0.225 e. The summed E-state index contributed by atoms with van der Waals surface area (Å²) in [7, 11) is 0. The molecule has 1 fully saturated rings. The maximum atomic E-state index is 5.86. The van der Waals surface area contributed by atoms with Crippen LogP contribution in [0.25, 0.3) is 0 Å². The van der Waals surface area contributed by atoms with Gasteiger partial charge in [0, 0.05) is 29.3 Å². The zero-order chi connectivity index (χ0) is 15.7. The van der Waals surface area contributed by atoms with Gasteiger partial charge in [0.2, 0.25) is 5.95 Å². The van der Waals surface area contributed by atoms with E-state index in [2.05, 4.69) is 24.8 Å². The fourth-order valence-corrected chi connectivity index (χ4v) is 2.73. The largest absolute Gasteiger partial charge is 0.367 e. The topological polar surface area (TPSA) is 64.0 Å². The molecule has 0 radical (unpaired) electrons. The Kier molecular flexibility index (Phi) is 4.02. The molecule has 1 aliphatic rings. The highest BCUT2D eigenvalue weighted by Crippen LogP contribution is 2.23. The van der Waals surface area contributed by atoms with Gasteiger partial charge in [0.05, 0.1) is 13.2 Å². The highest BCUT2D eigenvalue weighted by Gasteiger charge is 2.26. The second-order valence-electron chi connectivity index (χ2n) is 5.77. The van der Waals surface area contributed by atoms with Crippen molar-refractivity contribution >= 4 is 5.95 Å². The summed E-state index contributed by atoms with van der Waals surface area (Å²) in [6, 6.07) is 3.95. The Bertz CT molecular complexity index is 590. The number of nitrogens with zero attached hydrogens (tertiary/aromatic N) is 5. The van der Waals surface area contributed by atoms with Gasteiger partial charge in [-0.25, -0.2) is 19.9 Å². The van der Waals surface area contributed by atoms with Crippen molar-refractivity contribution in [3.63, 3.8) is 0 Å². The highest BCUT2D eigenvalue weighted by atomic mass is 16.5. The molecule has 0 N–H and O–H groups in total. The molecule has 1 atom stereocenters. The highest BCUT2D eigenvalue weighted by molar-refractivity contribution is 5.33. The van der Waals surface area contributed by atoms with Gasteiger partial charge in [-0.2, -0.15) is 0 Å². The molecule has 0 spiro atoms. The van der Waals surface area contributed by atoms with Gasteiger partial charge in [-0.1, -0.05) is 0 Å². The van der Waals surface area contributed by atoms with E-state index < -0.39 is 0 Å². The lowest BCUT2D eigenvalue weighted by Crippen LogP contribution is -2.40. The molecule has 3 rings (SSSR count). The van der Waals surface area contributed by atoms with Crippen molar-refractivity contribution in [2.75, 3.05) is 24.6 Å². The molecule has 0 aliphatic carbocycles. The molecule has 2 aromatic rings. The SMILES string of the molecule is Cc1cc(C)nc([C@H]2CN(c3nc(C)cc(C)n3)CCO2)n1. The molecule has 0 amide bonds. The van der Waals surface area contributed by atoms with E-state index in [0.29, 0.717) is 13.2 Å². The number of rotatable bonds is 2. The first-order valence-corrected chi connectivity index (χ1v) is 7.52. The third-order valence-corrected chi connectivity index (χ3v) is 3.61. The van der Waals surface area contributed by atoms with Gasteiger partial charge >= 0.3 is 0 Å². The van der Waals surface area contributed by atoms with Crippen LogP contribution in [0.3, 0.4) is 0 Å². The van der Waals surface area contributed by atoms with Gasteiger partial charge in [0.15, 0.2) is 5.82 Å². The van der Waals surface area contributed by atoms with Crippen LogP contribution in [-0.4, -0.2) is 39.6 Å². The first-order chi connectivity index (χ1) is 10.5. The Hall–Kier alpha value is -2.08. The van der Waals surface area contributed by atoms with Crippen molar-refractivity contribution in [3.05, 3.63) is 40.7 Å². The molecular weight excluding hydrogens is 278 g/mol. The lowest BCUT2D eigenvalue weighted by atomic mass is 10.2. The smallest absolute Gasteiger partial charge is 0.225 e. The summed E-state index contributed by atoms with van der Waals surface area (Å²) in [6.07, 6.45) is -0.142. The molecular formula is C16H21N5O. The number of morpholine rings is 1. The van der Waals surface area contributed by atoms with Crippen LogP contribution in [0.2, 0.25) is 0 Å². The molecule has 1 aliphatic heterocycles. The summed E-state index contributed by atoms with van der Waals surface area (Å²) in [6.45, 7) is 10.0. The number of ether oxygens (including phenoxy) is 1. The molecule has 0 saturated carbocycles. The summed E-state index contributed by atoms with van der Waals surface area (Å²) in [5.74, 6) is 1.50. The fraction of sp³-hybridized carbons (Fsp3) is 0.500. The molecule has 6 heteroatoms. The monoisotopic (exact) mass is 299 g/mol. The number of hydrogen-bond donors (Lipinski definition) is 0. The minimum Gasteiger partial charge on any atom is -0.367 e. The second-order valence-corrected chi connectivity index (χ2v) is 5.77. The quantitative estimate of drug-likeness (QED) is 0.846. The Morgan fingerprint density at radius 2 is 1.45 bits per heavy atom. The van der Waals surface area contributed by atoms with Crippen molar-refractivity contribution in [1.29, 1.82) is 0 Å². The standard InChI is InChI=1S/C16H21N5O/c1-10-7-11(2)18-15(17-10)14-9-21(5-6-22-14)16-19-12(3)8-13(4)20-16/h7-8,14H,5-6,9H2,1-4H3/t14-/m1/s1. The van der Waals surface area contributed by atoms with Gasteiger partial charge < -0.3 is 9.64 Å². The van der Waals surface area contributed by atoms with Crippen LogP contribution in [0.5, 0.6) is 0 Å². The third kappa shape index (κ3) is 3.22. The van der Waals surface area contributed by atoms with Crippen LogP contribution in [0.1, 0.15) is 34.7 Å². The minimum absolute atomic E-state index is 0.142. The minimum atomic E-state index is -0.142. The van der Waals surface area contributed by atoms with Gasteiger partial charge in [-0.05, 0) is 39.8 Å². The average Bonchev–Trinajstić information content (AvgIpc) is 2.45. The Labute approximate surface area is 130 Å². The zero-order valence-electron chi connectivity index (χ0n) is 13.5. The average molecular weight is 299 g/mol. The molecule has 0 aromatic carbocycles. The van der Waals surface area contributed by atoms with Crippen LogP contribution < -0.4 is 4.90 Å². The third-order valence-electron chi connectivity index (χ3n) is 3.61. The zero-order valence-corrected chi connectivity index (χ0v) is 13.5. The van der Waals surface area contributed by atoms with E-state index in [0.717, 1.165) is 41.1 Å². The van der Waals surface area contributed by atoms with Crippen LogP contribution in [0.15, 0.2) is 12.1 Å². The Morgan fingerprint density at radius 1 is 0.909 bits per heavy atom. The van der Waals surface area contributed by atoms with E-state index in [-0.39, 0.29) is 6.10 Å². The molecule has 1 saturated heterocycles. The molecule has 6 nitrogen and oxygen atoms in total. The van der Waals surface area contributed by atoms with Crippen molar-refractivity contribution in [1.82, 2.24) is 19.9 Å². The molecule has 22 heavy (non-hydrogen) atoms. The normalized spacial score (nSPS) is 18.5. The Morgan fingerprint density at radius 3 is 2.05 bits per heavy atom. The number of anilines is 1. The van der Waals surface area contributed by atoms with Crippen LogP contribution in [0, 0.1) is 27.7 Å². The number of aryl methyl sites for hydroxylation is 4. The van der Waals surface area contributed by atoms with Gasteiger partial charge in [0.1, 0.15) is 6.10 Å². The maximum absolute atomic E-state index is 5.86. The first kappa shape index (κ1) is 14.8. The van der Waals surface area contributed by atoms with Crippen LogP contribution in [-0.2, 0) is 4.74 Å². The van der Waals surface area contributed by atoms with Crippen molar-refractivity contribution in [2.24, 2.45) is 0 Å². The summed E-state index contributed by atoms with van der Waals surface area (Å²) in [5.41, 5.74) is 3.89. The van der Waals surface area contributed by atoms with Crippen LogP contribution >= 0.6 is 0 Å². The lowest BCUT2D eigenvalue weighted by Gasteiger charge is -2.32. The molecule has 2 aromatic heterocycles. The van der Waals surface area contributed by atoms with Gasteiger partial charge in [-0.15, -0.1) is 0 Å². The molecule has 0 unspecified atom stereocenters. The number of hydrogen-bond acceptors (Lipinski definition) is 6. The first-order valence-electron chi connectivity index (χ1n) is 7.52. The van der Waals surface area contributed by atoms with E-state index in [4.69, 9.17) is 4.74 Å². The summed E-state index contributed by atoms with van der Waals surface area (Å²) >= 11 is 0. The van der Waals surface area contributed by atoms with Crippen LogP contribution in [0.4, 0.5) is 5.95 Å². The Balaban J connectivity index is 1.84. The predicted octanol–water partition coefficient (Wildman–Crippen LogP) is 2.08. The number of aromatic nitrogens is 4. The van der Waals surface area contributed by atoms with Crippen molar-refractivity contribution < 1.29 is 4.74 Å². The summed E-state index contributed by atoms with van der Waals surface area (Å²) < 4.78 is 5.86.